The van der Waals surface area contributed by atoms with Gasteiger partial charge in [-0.15, -0.1) is 0 Å². The molecule has 2 rings (SSSR count). The van der Waals surface area contributed by atoms with Gasteiger partial charge < -0.3 is 20.5 Å². The van der Waals surface area contributed by atoms with Crippen LogP contribution in [0.4, 0.5) is 10.1 Å². The molecule has 2 aromatic rings. The van der Waals surface area contributed by atoms with E-state index in [1.807, 2.05) is 0 Å². The van der Waals surface area contributed by atoms with Gasteiger partial charge in [0.25, 0.3) is 5.91 Å². The summed E-state index contributed by atoms with van der Waals surface area (Å²) in [7, 11) is 0. The molecule has 10 heteroatoms. The zero-order valence-electron chi connectivity index (χ0n) is 16.1. The van der Waals surface area contributed by atoms with Crippen LogP contribution in [-0.2, 0) is 16.2 Å². The summed E-state index contributed by atoms with van der Waals surface area (Å²) >= 11 is 6.61. The maximum atomic E-state index is 14.8. The quantitative estimate of drug-likeness (QED) is 0.456. The van der Waals surface area contributed by atoms with Crippen LogP contribution in [0.1, 0.15) is 34.8 Å². The molecule has 0 saturated heterocycles. The monoisotopic (exact) mass is 544 g/mol. The van der Waals surface area contributed by atoms with E-state index >= 15 is 0 Å². The molecular formula is C20H19Br2FN2O5. The van der Waals surface area contributed by atoms with Gasteiger partial charge in [0.05, 0.1) is 14.6 Å². The first-order valence-corrected chi connectivity index (χ1v) is 10.4. The molecule has 0 aromatic heterocycles. The predicted molar refractivity (Wildman–Crippen MR) is 116 cm³/mol. The van der Waals surface area contributed by atoms with E-state index < -0.39 is 24.2 Å². The number of carboxylic acids is 1. The van der Waals surface area contributed by atoms with E-state index in [2.05, 4.69) is 42.5 Å². The molecule has 0 radical (unpaired) electrons. The Morgan fingerprint density at radius 3 is 2.33 bits per heavy atom. The number of aliphatic carboxylic acids is 1. The van der Waals surface area contributed by atoms with Crippen molar-refractivity contribution in [3.05, 3.63) is 55.7 Å². The number of ether oxygens (including phenoxy) is 1. The van der Waals surface area contributed by atoms with E-state index in [4.69, 9.17) is 9.84 Å². The average molecular weight is 546 g/mol. The minimum Gasteiger partial charge on any atom is -0.486 e. The number of nitrogens with one attached hydrogen (secondary N) is 2. The summed E-state index contributed by atoms with van der Waals surface area (Å²) in [6.45, 7) is 2.83. The van der Waals surface area contributed by atoms with Crippen molar-refractivity contribution in [3.8, 4) is 5.75 Å². The lowest BCUT2D eigenvalue weighted by Gasteiger charge is -2.15. The molecule has 0 atom stereocenters. The number of hydrogen-bond acceptors (Lipinski definition) is 4. The second kappa shape index (κ2) is 10.5. The van der Waals surface area contributed by atoms with Crippen molar-refractivity contribution in [1.29, 1.82) is 0 Å². The first kappa shape index (κ1) is 23.8. The van der Waals surface area contributed by atoms with Crippen molar-refractivity contribution in [2.24, 2.45) is 0 Å². The Balaban J connectivity index is 2.21. The second-order valence-corrected chi connectivity index (χ2v) is 8.03. The lowest BCUT2D eigenvalue weighted by atomic mass is 10.1. The summed E-state index contributed by atoms with van der Waals surface area (Å²) in [6.07, 6.45) is 0.228. The Morgan fingerprint density at radius 1 is 1.13 bits per heavy atom. The summed E-state index contributed by atoms with van der Waals surface area (Å²) < 4.78 is 21.3. The molecule has 30 heavy (non-hydrogen) atoms. The average Bonchev–Trinajstić information content (AvgIpc) is 2.68. The Morgan fingerprint density at radius 2 is 1.77 bits per heavy atom. The van der Waals surface area contributed by atoms with E-state index in [1.54, 1.807) is 26.0 Å². The van der Waals surface area contributed by atoms with Crippen LogP contribution in [-0.4, -0.2) is 29.4 Å². The van der Waals surface area contributed by atoms with Gasteiger partial charge in [0.15, 0.2) is 5.82 Å². The molecule has 0 aliphatic heterocycles. The van der Waals surface area contributed by atoms with Gasteiger partial charge in [0.2, 0.25) is 5.91 Å². The van der Waals surface area contributed by atoms with Gasteiger partial charge in [-0.25, -0.2) is 4.39 Å². The van der Waals surface area contributed by atoms with Crippen molar-refractivity contribution < 1.29 is 28.6 Å². The Kier molecular flexibility index (Phi) is 8.36. The van der Waals surface area contributed by atoms with Crippen molar-refractivity contribution in [2.45, 2.75) is 26.9 Å². The number of hydrogen-bond donors (Lipinski definition) is 3. The summed E-state index contributed by atoms with van der Waals surface area (Å²) in [6, 6.07) is 6.10. The number of carbonyl (C=O) groups is 3. The Hall–Kier alpha value is -2.46. The molecule has 0 spiro atoms. The van der Waals surface area contributed by atoms with Crippen LogP contribution in [0, 0.1) is 12.7 Å². The topological polar surface area (TPSA) is 105 Å². The van der Waals surface area contributed by atoms with Crippen LogP contribution >= 0.6 is 31.9 Å². The first-order valence-electron chi connectivity index (χ1n) is 8.83. The third-order valence-corrected chi connectivity index (χ3v) is 5.10. The molecule has 2 amide bonds. The molecule has 0 aliphatic carbocycles. The molecule has 0 unspecified atom stereocenters. The highest BCUT2D eigenvalue weighted by atomic mass is 79.9. The molecule has 0 heterocycles. The van der Waals surface area contributed by atoms with Gasteiger partial charge >= 0.3 is 5.97 Å². The molecule has 3 N–H and O–H groups in total. The summed E-state index contributed by atoms with van der Waals surface area (Å²) in [5.74, 6) is -2.26. The van der Waals surface area contributed by atoms with E-state index in [1.165, 1.54) is 12.1 Å². The first-order chi connectivity index (χ1) is 14.1. The number of rotatable bonds is 8. The minimum atomic E-state index is -1.16. The summed E-state index contributed by atoms with van der Waals surface area (Å²) in [4.78, 5) is 34.2. The number of carbonyl (C=O) groups excluding carboxylic acids is 2. The number of aryl methyl sites for hydroxylation is 1. The maximum absolute atomic E-state index is 14.8. The highest BCUT2D eigenvalue weighted by molar-refractivity contribution is 9.11. The zero-order chi connectivity index (χ0) is 22.4. The third-order valence-electron chi connectivity index (χ3n) is 3.92. The van der Waals surface area contributed by atoms with Gasteiger partial charge in [-0.3, -0.25) is 14.4 Å². The Labute approximate surface area is 189 Å². The summed E-state index contributed by atoms with van der Waals surface area (Å²) in [5.41, 5.74) is 1.31. The number of halogens is 3. The smallest absolute Gasteiger partial charge is 0.322 e. The fourth-order valence-electron chi connectivity index (χ4n) is 2.52. The van der Waals surface area contributed by atoms with Crippen molar-refractivity contribution in [1.82, 2.24) is 5.32 Å². The van der Waals surface area contributed by atoms with Gasteiger partial charge in [-0.1, -0.05) is 6.92 Å². The number of benzene rings is 2. The predicted octanol–water partition coefficient (Wildman–Crippen LogP) is 4.40. The lowest BCUT2D eigenvalue weighted by molar-refractivity contribution is -0.135. The minimum absolute atomic E-state index is 0.0871. The van der Waals surface area contributed by atoms with Gasteiger partial charge in [-0.05, 0) is 68.6 Å². The van der Waals surface area contributed by atoms with Gasteiger partial charge in [0, 0.05) is 17.5 Å². The second-order valence-electron chi connectivity index (χ2n) is 6.32. The molecule has 0 bridgehead atoms. The molecule has 0 saturated carbocycles. The maximum Gasteiger partial charge on any atom is 0.322 e. The summed E-state index contributed by atoms with van der Waals surface area (Å²) in [5, 5.41) is 13.5. The van der Waals surface area contributed by atoms with Gasteiger partial charge in [-0.2, -0.15) is 0 Å². The largest absolute Gasteiger partial charge is 0.486 e. The number of anilines is 1. The van der Waals surface area contributed by atoms with Crippen LogP contribution in [0.3, 0.4) is 0 Å². The van der Waals surface area contributed by atoms with E-state index in [0.717, 1.165) is 5.56 Å². The highest BCUT2D eigenvalue weighted by Crippen LogP contribution is 2.36. The normalized spacial score (nSPS) is 10.4. The number of carboxylic acid groups (broad SMARTS) is 1. The van der Waals surface area contributed by atoms with Crippen molar-refractivity contribution >= 4 is 55.3 Å². The number of amides is 2. The standard InChI is InChI=1S/C20H19Br2FN2O5/c1-3-16(26)25-15-5-10(2)4-12(18(15)23)9-30-19-13(21)6-11(7-14(19)22)20(29)24-8-17(27)28/h4-7H,3,8-9H2,1-2H3,(H,24,29)(H,25,26)(H,27,28). The van der Waals surface area contributed by atoms with Crippen molar-refractivity contribution in [2.75, 3.05) is 11.9 Å². The Bertz CT molecular complexity index is 974. The fourth-order valence-corrected chi connectivity index (χ4v) is 3.93. The molecule has 2 aromatic carbocycles. The van der Waals surface area contributed by atoms with Crippen molar-refractivity contribution in [3.63, 3.8) is 0 Å². The molecule has 7 nitrogen and oxygen atoms in total. The SMILES string of the molecule is CCC(=O)Nc1cc(C)cc(COc2c(Br)cc(C(=O)NCC(=O)O)cc2Br)c1F. The molecule has 0 fully saturated rings. The lowest BCUT2D eigenvalue weighted by Crippen LogP contribution is -2.29. The fraction of sp³-hybridized carbons (Fsp3) is 0.250. The highest BCUT2D eigenvalue weighted by Gasteiger charge is 2.17. The van der Waals surface area contributed by atoms with Crippen LogP contribution < -0.4 is 15.4 Å². The zero-order valence-corrected chi connectivity index (χ0v) is 19.3. The molecular weight excluding hydrogens is 527 g/mol. The van der Waals surface area contributed by atoms with Crippen LogP contribution in [0.15, 0.2) is 33.2 Å². The third kappa shape index (κ3) is 6.27. The van der Waals surface area contributed by atoms with Crippen LogP contribution in [0.2, 0.25) is 0 Å². The van der Waals surface area contributed by atoms with Gasteiger partial charge in [0.1, 0.15) is 18.9 Å². The van der Waals surface area contributed by atoms with Crippen LogP contribution in [0.25, 0.3) is 0 Å². The molecule has 0 aliphatic rings. The van der Waals surface area contributed by atoms with E-state index in [0.29, 0.717) is 14.7 Å². The van der Waals surface area contributed by atoms with Crippen LogP contribution in [0.5, 0.6) is 5.75 Å². The van der Waals surface area contributed by atoms with E-state index in [-0.39, 0.29) is 35.7 Å². The van der Waals surface area contributed by atoms with E-state index in [9.17, 15) is 18.8 Å². The molecule has 160 valence electrons.